The maximum absolute atomic E-state index is 12.3. The number of aromatic amines is 1. The molecule has 43 heavy (non-hydrogen) atoms. The number of hydrogen-bond acceptors (Lipinski definition) is 9. The van der Waals surface area contributed by atoms with Crippen LogP contribution >= 0.6 is 0 Å². The second-order valence-electron chi connectivity index (χ2n) is 11.8. The maximum Gasteiger partial charge on any atom is 0.194 e. The Kier molecular flexibility index (Phi) is 8.12. The van der Waals surface area contributed by atoms with Crippen molar-refractivity contribution in [2.24, 2.45) is 10.7 Å². The van der Waals surface area contributed by atoms with Gasteiger partial charge in [-0.1, -0.05) is 18.2 Å². The van der Waals surface area contributed by atoms with Gasteiger partial charge in [0.2, 0.25) is 0 Å². The smallest absolute Gasteiger partial charge is 0.194 e. The summed E-state index contributed by atoms with van der Waals surface area (Å²) in [6.45, 7) is 6.77. The number of piperidine rings is 1. The molecule has 3 aliphatic rings. The summed E-state index contributed by atoms with van der Waals surface area (Å²) in [5.41, 5.74) is 11.0. The Morgan fingerprint density at radius 1 is 1.02 bits per heavy atom. The number of amidine groups is 1. The molecule has 2 saturated heterocycles. The highest BCUT2D eigenvalue weighted by atomic mass is 32.2. The summed E-state index contributed by atoms with van der Waals surface area (Å²) in [4.78, 5) is 15.8. The molecular weight excluding hydrogens is 564 g/mol. The number of sulfone groups is 1. The third-order valence-corrected chi connectivity index (χ3v) is 10.1. The topological polar surface area (TPSA) is 131 Å². The normalized spacial score (nSPS) is 23.1. The number of nitrogens with two attached hydrogens (primary N) is 1. The minimum absolute atomic E-state index is 0.167. The molecule has 1 unspecified atom stereocenters. The summed E-state index contributed by atoms with van der Waals surface area (Å²) < 4.78 is 30.6. The molecule has 5 N–H and O–H groups in total. The van der Waals surface area contributed by atoms with Crippen molar-refractivity contribution in [3.8, 4) is 5.75 Å². The van der Waals surface area contributed by atoms with Crippen LogP contribution in [0.5, 0.6) is 5.75 Å². The molecule has 0 bridgehead atoms. The highest BCUT2D eigenvalue weighted by Crippen LogP contribution is 2.36. The number of nitrogens with zero attached hydrogens (tertiary/aromatic N) is 4. The Balaban J connectivity index is 1.22. The lowest BCUT2D eigenvalue weighted by Crippen LogP contribution is -2.61. The van der Waals surface area contributed by atoms with Gasteiger partial charge in [0.1, 0.15) is 11.4 Å². The first-order valence-corrected chi connectivity index (χ1v) is 16.8. The number of aromatic nitrogens is 1. The van der Waals surface area contributed by atoms with Crippen molar-refractivity contribution in [3.05, 3.63) is 71.5 Å². The van der Waals surface area contributed by atoms with Gasteiger partial charge in [-0.3, -0.25) is 15.6 Å². The van der Waals surface area contributed by atoms with Gasteiger partial charge < -0.3 is 30.2 Å². The summed E-state index contributed by atoms with van der Waals surface area (Å²) in [6, 6.07) is 15.7. The van der Waals surface area contributed by atoms with Crippen LogP contribution in [0.2, 0.25) is 0 Å². The van der Waals surface area contributed by atoms with Gasteiger partial charge in [0.05, 0.1) is 29.8 Å². The van der Waals surface area contributed by atoms with E-state index in [1.54, 1.807) is 25.3 Å². The number of hydrogen-bond donors (Lipinski definition) is 4. The van der Waals surface area contributed by atoms with Crippen LogP contribution in [0.25, 0.3) is 0 Å². The van der Waals surface area contributed by atoms with Crippen molar-refractivity contribution in [3.63, 3.8) is 0 Å². The Morgan fingerprint density at radius 3 is 2.49 bits per heavy atom. The molecule has 0 amide bonds. The average molecular weight is 607 g/mol. The summed E-state index contributed by atoms with van der Waals surface area (Å²) in [5.74, 6) is -0.0218. The molecule has 3 aromatic rings. The first-order valence-electron chi connectivity index (χ1n) is 14.9. The van der Waals surface area contributed by atoms with Gasteiger partial charge in [-0.2, -0.15) is 0 Å². The van der Waals surface area contributed by atoms with Crippen molar-refractivity contribution >= 4 is 27.0 Å². The second-order valence-corrected chi connectivity index (χ2v) is 13.8. The molecule has 4 heterocycles. The van der Waals surface area contributed by atoms with Gasteiger partial charge in [0.15, 0.2) is 21.5 Å². The molecule has 1 aromatic heterocycles. The number of aliphatic imine (C=N–C) groups is 1. The highest BCUT2D eigenvalue weighted by Gasteiger charge is 2.38. The first-order chi connectivity index (χ1) is 20.6. The third kappa shape index (κ3) is 6.10. The van der Waals surface area contributed by atoms with Crippen molar-refractivity contribution in [1.29, 1.82) is 0 Å². The van der Waals surface area contributed by atoms with E-state index in [0.29, 0.717) is 23.2 Å². The molecule has 1 atom stereocenters. The molecule has 2 aromatic carbocycles. The van der Waals surface area contributed by atoms with Crippen LogP contribution in [-0.4, -0.2) is 94.8 Å². The molecule has 11 nitrogen and oxygen atoms in total. The molecular formula is C31H42N8O3S. The number of rotatable bonds is 7. The molecule has 6 rings (SSSR count). The van der Waals surface area contributed by atoms with E-state index in [9.17, 15) is 8.42 Å². The van der Waals surface area contributed by atoms with Gasteiger partial charge in [0.25, 0.3) is 0 Å². The molecule has 3 aliphatic heterocycles. The summed E-state index contributed by atoms with van der Waals surface area (Å²) in [5, 5.41) is 6.78. The van der Waals surface area contributed by atoms with E-state index in [1.165, 1.54) is 6.26 Å². The van der Waals surface area contributed by atoms with Crippen LogP contribution in [0.4, 0.5) is 11.4 Å². The average Bonchev–Trinajstić information content (AvgIpc) is 3.48. The van der Waals surface area contributed by atoms with Crippen LogP contribution in [0.1, 0.15) is 29.7 Å². The van der Waals surface area contributed by atoms with E-state index in [1.807, 2.05) is 24.4 Å². The molecule has 2 fully saturated rings. The summed E-state index contributed by atoms with van der Waals surface area (Å²) >= 11 is 0. The SMILES string of the molecule is COc1cc(N2CCC(N3CCN(C)CC3)CC2)ccc1C1(N)NC(=NCc2ccccc2S(C)(=O)=O)c2[nH]ccc2N1. The molecule has 0 saturated carbocycles. The van der Waals surface area contributed by atoms with Gasteiger partial charge in [-0.25, -0.2) is 8.42 Å². The lowest BCUT2D eigenvalue weighted by molar-refractivity contribution is 0.0982. The fourth-order valence-electron chi connectivity index (χ4n) is 6.45. The molecule has 0 aliphatic carbocycles. The van der Waals surface area contributed by atoms with Gasteiger partial charge in [-0.05, 0) is 49.7 Å². The number of fused-ring (bicyclic) bond motifs is 1. The van der Waals surface area contributed by atoms with E-state index < -0.39 is 15.6 Å². The largest absolute Gasteiger partial charge is 0.496 e. The highest BCUT2D eigenvalue weighted by molar-refractivity contribution is 7.90. The quantitative estimate of drug-likeness (QED) is 0.320. The molecule has 12 heteroatoms. The Labute approximate surface area is 254 Å². The van der Waals surface area contributed by atoms with Gasteiger partial charge >= 0.3 is 0 Å². The second kappa shape index (κ2) is 11.8. The minimum Gasteiger partial charge on any atom is -0.496 e. The zero-order valence-corrected chi connectivity index (χ0v) is 26.0. The van der Waals surface area contributed by atoms with Crippen LogP contribution in [0.15, 0.2) is 64.6 Å². The maximum atomic E-state index is 12.3. The predicted molar refractivity (Wildman–Crippen MR) is 171 cm³/mol. The molecule has 0 spiro atoms. The van der Waals surface area contributed by atoms with Gasteiger partial charge in [-0.15, -0.1) is 0 Å². The predicted octanol–water partition coefficient (Wildman–Crippen LogP) is 2.37. The number of ether oxygens (including phenoxy) is 1. The Morgan fingerprint density at radius 2 is 1.77 bits per heavy atom. The summed E-state index contributed by atoms with van der Waals surface area (Å²) in [6.07, 6.45) is 5.32. The molecule has 230 valence electrons. The van der Waals surface area contributed by atoms with E-state index in [-0.39, 0.29) is 11.4 Å². The van der Waals surface area contributed by atoms with Crippen molar-refractivity contribution in [2.75, 3.05) is 69.9 Å². The number of benzene rings is 2. The zero-order chi connectivity index (χ0) is 30.2. The van der Waals surface area contributed by atoms with E-state index in [0.717, 1.165) is 74.7 Å². The van der Waals surface area contributed by atoms with E-state index >= 15 is 0 Å². The van der Waals surface area contributed by atoms with Crippen LogP contribution < -0.4 is 26.0 Å². The number of piperazine rings is 1. The van der Waals surface area contributed by atoms with Crippen molar-refractivity contribution in [1.82, 2.24) is 20.1 Å². The van der Waals surface area contributed by atoms with Crippen LogP contribution in [-0.2, 0) is 22.2 Å². The van der Waals surface area contributed by atoms with Crippen molar-refractivity contribution in [2.45, 2.75) is 36.1 Å². The lowest BCUT2D eigenvalue weighted by atomic mass is 9.99. The van der Waals surface area contributed by atoms with Crippen molar-refractivity contribution < 1.29 is 13.2 Å². The monoisotopic (exact) mass is 606 g/mol. The third-order valence-electron chi connectivity index (χ3n) is 8.90. The standard InChI is InChI=1S/C31H42N8O3S/c1-37-16-18-39(19-17-37)23-11-14-38(15-12-23)24-8-9-25(27(20-24)42-2)31(32)35-26-10-13-33-29(26)30(36-31)34-21-22-6-4-5-7-28(22)43(3,40)41/h4-10,13,20,23,33,35H,11-12,14-19,21,32H2,1-3H3,(H,34,36). The Bertz CT molecular complexity index is 1590. The van der Waals surface area contributed by atoms with Crippen LogP contribution in [0.3, 0.4) is 0 Å². The van der Waals surface area contributed by atoms with Gasteiger partial charge in [0, 0.05) is 69.5 Å². The van der Waals surface area contributed by atoms with E-state index in [2.05, 4.69) is 49.5 Å². The zero-order valence-electron chi connectivity index (χ0n) is 25.1. The van der Waals surface area contributed by atoms with Crippen LogP contribution in [0, 0.1) is 0 Å². The lowest BCUT2D eigenvalue weighted by Gasteiger charge is -2.43. The fourth-order valence-corrected chi connectivity index (χ4v) is 7.39. The first kappa shape index (κ1) is 29.5. The number of nitrogens with one attached hydrogen (secondary N) is 3. The fraction of sp³-hybridized carbons (Fsp3) is 0.452. The number of anilines is 2. The number of likely N-dealkylation sites (N-methyl/N-ethyl adjacent to an activating group) is 1. The minimum atomic E-state index is -3.39. The van der Waals surface area contributed by atoms with E-state index in [4.69, 9.17) is 15.5 Å². The Hall–Kier alpha value is -3.58. The number of methoxy groups -OCH3 is 1. The summed E-state index contributed by atoms with van der Waals surface area (Å²) in [7, 11) is 0.467. The molecule has 0 radical (unpaired) electrons. The number of H-pyrrole nitrogens is 1.